The van der Waals surface area contributed by atoms with Gasteiger partial charge in [-0.15, -0.1) is 11.3 Å². The summed E-state index contributed by atoms with van der Waals surface area (Å²) in [6.07, 6.45) is 1.27. The molecule has 1 atom stereocenters. The van der Waals surface area contributed by atoms with Gasteiger partial charge in [0.05, 0.1) is 9.83 Å². The molecule has 1 aliphatic rings. The highest BCUT2D eigenvalue weighted by Crippen LogP contribution is 2.37. The summed E-state index contributed by atoms with van der Waals surface area (Å²) in [5.41, 5.74) is 5.97. The molecule has 17 heavy (non-hydrogen) atoms. The standard InChI is InChI=1S/C11H16Br2N2S2/c12-8-6-10(17-11(8)13)9(7-14)15-2-1-4-16-5-3-15/h6,9H,1-5,7,14H2. The Bertz CT molecular complexity index is 343. The van der Waals surface area contributed by atoms with Crippen molar-refractivity contribution in [2.75, 3.05) is 31.1 Å². The Labute approximate surface area is 128 Å². The van der Waals surface area contributed by atoms with Gasteiger partial charge in [-0.05, 0) is 56.6 Å². The minimum atomic E-state index is 0.376. The van der Waals surface area contributed by atoms with Gasteiger partial charge in [0.25, 0.3) is 0 Å². The molecule has 1 saturated heterocycles. The summed E-state index contributed by atoms with van der Waals surface area (Å²) in [5.74, 6) is 2.51. The fourth-order valence-electron chi connectivity index (χ4n) is 2.05. The number of thioether (sulfide) groups is 1. The zero-order chi connectivity index (χ0) is 12.3. The highest BCUT2D eigenvalue weighted by Gasteiger charge is 2.22. The van der Waals surface area contributed by atoms with Crippen molar-refractivity contribution < 1.29 is 0 Å². The number of nitrogens with two attached hydrogens (primary N) is 1. The van der Waals surface area contributed by atoms with Crippen LogP contribution in [0.25, 0.3) is 0 Å². The van der Waals surface area contributed by atoms with Crippen molar-refractivity contribution in [1.29, 1.82) is 0 Å². The number of hydrogen-bond acceptors (Lipinski definition) is 4. The Kier molecular flexibility index (Phi) is 5.83. The van der Waals surface area contributed by atoms with E-state index in [0.29, 0.717) is 12.6 Å². The van der Waals surface area contributed by atoms with Crippen molar-refractivity contribution in [2.24, 2.45) is 5.73 Å². The topological polar surface area (TPSA) is 29.3 Å². The third-order valence-electron chi connectivity index (χ3n) is 2.91. The highest BCUT2D eigenvalue weighted by molar-refractivity contribution is 9.13. The maximum absolute atomic E-state index is 5.97. The zero-order valence-electron chi connectivity index (χ0n) is 9.49. The Balaban J connectivity index is 2.13. The second-order valence-electron chi connectivity index (χ2n) is 4.02. The zero-order valence-corrected chi connectivity index (χ0v) is 14.3. The summed E-state index contributed by atoms with van der Waals surface area (Å²) in [5, 5.41) is 0. The molecule has 0 saturated carbocycles. The van der Waals surface area contributed by atoms with Crippen LogP contribution in [-0.2, 0) is 0 Å². The summed E-state index contributed by atoms with van der Waals surface area (Å²) < 4.78 is 2.30. The molecular weight excluding hydrogens is 384 g/mol. The molecule has 96 valence electrons. The molecule has 0 radical (unpaired) electrons. The van der Waals surface area contributed by atoms with E-state index >= 15 is 0 Å². The van der Waals surface area contributed by atoms with Crippen LogP contribution < -0.4 is 5.73 Å². The Hall–Kier alpha value is 0.930. The van der Waals surface area contributed by atoms with E-state index in [-0.39, 0.29) is 0 Å². The van der Waals surface area contributed by atoms with E-state index in [0.717, 1.165) is 14.8 Å². The molecule has 0 spiro atoms. The lowest BCUT2D eigenvalue weighted by molar-refractivity contribution is 0.221. The quantitative estimate of drug-likeness (QED) is 0.839. The van der Waals surface area contributed by atoms with E-state index in [1.165, 1.54) is 29.3 Å². The van der Waals surface area contributed by atoms with Gasteiger partial charge in [0, 0.05) is 28.2 Å². The number of nitrogens with zero attached hydrogens (tertiary/aromatic N) is 1. The number of hydrogen-bond donors (Lipinski definition) is 1. The summed E-state index contributed by atoms with van der Waals surface area (Å²) in [4.78, 5) is 3.89. The predicted octanol–water partition coefficient (Wildman–Crippen LogP) is 3.71. The van der Waals surface area contributed by atoms with Crippen LogP contribution in [0.2, 0.25) is 0 Å². The van der Waals surface area contributed by atoms with Crippen LogP contribution in [0.3, 0.4) is 0 Å². The van der Waals surface area contributed by atoms with Crippen LogP contribution in [0.5, 0.6) is 0 Å². The van der Waals surface area contributed by atoms with Crippen molar-refractivity contribution in [3.63, 3.8) is 0 Å². The molecule has 2 N–H and O–H groups in total. The third-order valence-corrected chi connectivity index (χ3v) is 7.32. The molecule has 2 heterocycles. The van der Waals surface area contributed by atoms with Gasteiger partial charge in [0.15, 0.2) is 0 Å². The van der Waals surface area contributed by atoms with Crippen molar-refractivity contribution in [1.82, 2.24) is 4.90 Å². The van der Waals surface area contributed by atoms with Crippen molar-refractivity contribution >= 4 is 55.0 Å². The SMILES string of the molecule is NCC(c1cc(Br)c(Br)s1)N1CCCSCC1. The third kappa shape index (κ3) is 3.70. The minimum Gasteiger partial charge on any atom is -0.329 e. The number of rotatable bonds is 3. The van der Waals surface area contributed by atoms with Gasteiger partial charge in [0.2, 0.25) is 0 Å². The average molecular weight is 400 g/mol. The average Bonchev–Trinajstić information content (AvgIpc) is 2.56. The van der Waals surface area contributed by atoms with Crippen LogP contribution in [0.15, 0.2) is 14.3 Å². The number of halogens is 2. The monoisotopic (exact) mass is 398 g/mol. The van der Waals surface area contributed by atoms with E-state index in [9.17, 15) is 0 Å². The van der Waals surface area contributed by atoms with Gasteiger partial charge in [-0.3, -0.25) is 4.90 Å². The molecule has 1 aromatic heterocycles. The molecule has 0 aliphatic carbocycles. The predicted molar refractivity (Wildman–Crippen MR) is 85.0 cm³/mol. The summed E-state index contributed by atoms with van der Waals surface area (Å²) in [6, 6.07) is 2.57. The van der Waals surface area contributed by atoms with Gasteiger partial charge in [-0.2, -0.15) is 11.8 Å². The molecule has 0 bridgehead atoms. The van der Waals surface area contributed by atoms with E-state index in [2.05, 4.69) is 54.6 Å². The minimum absolute atomic E-state index is 0.376. The molecule has 0 amide bonds. The van der Waals surface area contributed by atoms with Crippen LogP contribution in [0.1, 0.15) is 17.3 Å². The fourth-order valence-corrected chi connectivity index (χ4v) is 5.19. The smallest absolute Gasteiger partial charge is 0.0843 e. The molecule has 6 heteroatoms. The Morgan fingerprint density at radius 1 is 1.35 bits per heavy atom. The van der Waals surface area contributed by atoms with Crippen LogP contribution >= 0.6 is 55.0 Å². The molecule has 1 aliphatic heterocycles. The largest absolute Gasteiger partial charge is 0.329 e. The van der Waals surface area contributed by atoms with Crippen molar-refractivity contribution in [3.05, 3.63) is 19.2 Å². The van der Waals surface area contributed by atoms with Crippen molar-refractivity contribution in [2.45, 2.75) is 12.5 Å². The van der Waals surface area contributed by atoms with Crippen LogP contribution in [0, 0.1) is 0 Å². The van der Waals surface area contributed by atoms with E-state index < -0.39 is 0 Å². The Morgan fingerprint density at radius 3 is 2.82 bits per heavy atom. The molecule has 1 aromatic rings. The molecule has 2 rings (SSSR count). The summed E-state index contributed by atoms with van der Waals surface area (Å²) in [6.45, 7) is 3.02. The maximum atomic E-state index is 5.97. The van der Waals surface area contributed by atoms with Crippen LogP contribution in [0.4, 0.5) is 0 Å². The lowest BCUT2D eigenvalue weighted by atomic mass is 10.2. The first-order valence-electron chi connectivity index (χ1n) is 5.69. The van der Waals surface area contributed by atoms with E-state index in [4.69, 9.17) is 5.73 Å². The second-order valence-corrected chi connectivity index (χ2v) is 8.50. The Morgan fingerprint density at radius 2 is 2.18 bits per heavy atom. The van der Waals surface area contributed by atoms with Crippen molar-refractivity contribution in [3.8, 4) is 0 Å². The summed E-state index contributed by atoms with van der Waals surface area (Å²) in [7, 11) is 0. The number of thiophene rings is 1. The first-order valence-corrected chi connectivity index (χ1v) is 9.24. The summed E-state index contributed by atoms with van der Waals surface area (Å²) >= 11 is 11.0. The fraction of sp³-hybridized carbons (Fsp3) is 0.636. The molecule has 2 nitrogen and oxygen atoms in total. The van der Waals surface area contributed by atoms with Gasteiger partial charge in [-0.1, -0.05) is 0 Å². The lowest BCUT2D eigenvalue weighted by Gasteiger charge is -2.28. The maximum Gasteiger partial charge on any atom is 0.0843 e. The normalized spacial score (nSPS) is 20.2. The lowest BCUT2D eigenvalue weighted by Crippen LogP contribution is -2.34. The van der Waals surface area contributed by atoms with Gasteiger partial charge >= 0.3 is 0 Å². The van der Waals surface area contributed by atoms with E-state index in [1.54, 1.807) is 11.3 Å². The van der Waals surface area contributed by atoms with Gasteiger partial charge < -0.3 is 5.73 Å². The molecular formula is C11H16Br2N2S2. The van der Waals surface area contributed by atoms with Crippen LogP contribution in [-0.4, -0.2) is 36.0 Å². The van der Waals surface area contributed by atoms with E-state index in [1.807, 2.05) is 0 Å². The molecule has 1 unspecified atom stereocenters. The molecule has 0 aromatic carbocycles. The first kappa shape index (κ1) is 14.3. The first-order chi connectivity index (χ1) is 8.22. The second kappa shape index (κ2) is 6.91. The highest BCUT2D eigenvalue weighted by atomic mass is 79.9. The van der Waals surface area contributed by atoms with Gasteiger partial charge in [-0.25, -0.2) is 0 Å². The van der Waals surface area contributed by atoms with Gasteiger partial charge in [0.1, 0.15) is 0 Å². The molecule has 1 fully saturated rings.